The zero-order valence-corrected chi connectivity index (χ0v) is 13.2. The van der Waals surface area contributed by atoms with Gasteiger partial charge in [-0.1, -0.05) is 31.5 Å². The average molecular weight is 291 g/mol. The van der Waals surface area contributed by atoms with E-state index in [2.05, 4.69) is 16.0 Å². The van der Waals surface area contributed by atoms with Crippen LogP contribution in [0.25, 0.3) is 0 Å². The molecule has 0 fully saturated rings. The maximum atomic E-state index is 12.2. The highest BCUT2D eigenvalue weighted by atomic mass is 16.2. The van der Waals surface area contributed by atoms with Crippen LogP contribution in [-0.4, -0.2) is 38.0 Å². The SMILES string of the molecule is CNCCNC(=O)C(NC(=O)c1cccc(C)c1)C(C)C. The molecule has 0 radical (unpaired) electrons. The molecule has 1 aromatic rings. The van der Waals surface area contributed by atoms with Crippen molar-refractivity contribution in [1.29, 1.82) is 0 Å². The van der Waals surface area contributed by atoms with E-state index in [4.69, 9.17) is 0 Å². The first-order valence-corrected chi connectivity index (χ1v) is 7.25. The van der Waals surface area contributed by atoms with Gasteiger partial charge >= 0.3 is 0 Å². The highest BCUT2D eigenvalue weighted by Gasteiger charge is 2.24. The van der Waals surface area contributed by atoms with Crippen molar-refractivity contribution >= 4 is 11.8 Å². The molecule has 1 aromatic carbocycles. The van der Waals surface area contributed by atoms with E-state index in [0.29, 0.717) is 18.7 Å². The fourth-order valence-corrected chi connectivity index (χ4v) is 1.97. The van der Waals surface area contributed by atoms with E-state index >= 15 is 0 Å². The Labute approximate surface area is 126 Å². The largest absolute Gasteiger partial charge is 0.353 e. The summed E-state index contributed by atoms with van der Waals surface area (Å²) in [7, 11) is 1.82. The van der Waals surface area contributed by atoms with E-state index < -0.39 is 6.04 Å². The van der Waals surface area contributed by atoms with Gasteiger partial charge in [-0.15, -0.1) is 0 Å². The minimum absolute atomic E-state index is 0.0216. The molecule has 2 amide bonds. The lowest BCUT2D eigenvalue weighted by Gasteiger charge is -2.21. The third-order valence-electron chi connectivity index (χ3n) is 3.19. The summed E-state index contributed by atoms with van der Waals surface area (Å²) < 4.78 is 0. The third kappa shape index (κ3) is 5.55. The first-order valence-electron chi connectivity index (χ1n) is 7.25. The smallest absolute Gasteiger partial charge is 0.251 e. The first kappa shape index (κ1) is 17.2. The molecule has 0 spiro atoms. The predicted molar refractivity (Wildman–Crippen MR) is 84.2 cm³/mol. The van der Waals surface area contributed by atoms with Gasteiger partial charge in [0, 0.05) is 18.7 Å². The number of benzene rings is 1. The minimum Gasteiger partial charge on any atom is -0.353 e. The molecule has 116 valence electrons. The zero-order valence-electron chi connectivity index (χ0n) is 13.2. The first-order chi connectivity index (χ1) is 9.95. The molecule has 0 saturated heterocycles. The van der Waals surface area contributed by atoms with Crippen LogP contribution in [0.15, 0.2) is 24.3 Å². The summed E-state index contributed by atoms with van der Waals surface area (Å²) in [6.07, 6.45) is 0. The summed E-state index contributed by atoms with van der Waals surface area (Å²) in [6.45, 7) is 7.00. The Hall–Kier alpha value is -1.88. The van der Waals surface area contributed by atoms with Crippen LogP contribution in [0.1, 0.15) is 29.8 Å². The number of hydrogen-bond acceptors (Lipinski definition) is 3. The van der Waals surface area contributed by atoms with Gasteiger partial charge in [-0.25, -0.2) is 0 Å². The van der Waals surface area contributed by atoms with Gasteiger partial charge in [-0.2, -0.15) is 0 Å². The third-order valence-corrected chi connectivity index (χ3v) is 3.19. The van der Waals surface area contributed by atoms with E-state index in [9.17, 15) is 9.59 Å². The molecule has 0 saturated carbocycles. The van der Waals surface area contributed by atoms with Crippen molar-refractivity contribution in [3.63, 3.8) is 0 Å². The number of likely N-dealkylation sites (N-methyl/N-ethyl adjacent to an activating group) is 1. The van der Waals surface area contributed by atoms with Crippen molar-refractivity contribution in [3.05, 3.63) is 35.4 Å². The standard InChI is InChI=1S/C16H25N3O2/c1-11(2)14(16(21)18-9-8-17-4)19-15(20)13-7-5-6-12(3)10-13/h5-7,10-11,14,17H,8-9H2,1-4H3,(H,18,21)(H,19,20). The van der Waals surface area contributed by atoms with Gasteiger partial charge in [0.1, 0.15) is 6.04 Å². The van der Waals surface area contributed by atoms with Crippen molar-refractivity contribution in [3.8, 4) is 0 Å². The Balaban J connectivity index is 2.69. The summed E-state index contributed by atoms with van der Waals surface area (Å²) in [4.78, 5) is 24.4. The maximum Gasteiger partial charge on any atom is 0.251 e. The van der Waals surface area contributed by atoms with E-state index in [0.717, 1.165) is 5.56 Å². The van der Waals surface area contributed by atoms with E-state index in [1.54, 1.807) is 6.07 Å². The second-order valence-corrected chi connectivity index (χ2v) is 5.46. The van der Waals surface area contributed by atoms with Crippen LogP contribution in [0.2, 0.25) is 0 Å². The van der Waals surface area contributed by atoms with Crippen molar-refractivity contribution in [2.24, 2.45) is 5.92 Å². The van der Waals surface area contributed by atoms with Gasteiger partial charge in [-0.3, -0.25) is 9.59 Å². The maximum absolute atomic E-state index is 12.2. The van der Waals surface area contributed by atoms with Gasteiger partial charge in [0.25, 0.3) is 5.91 Å². The molecule has 1 rings (SSSR count). The van der Waals surface area contributed by atoms with Crippen LogP contribution in [0.5, 0.6) is 0 Å². The fourth-order valence-electron chi connectivity index (χ4n) is 1.97. The molecule has 0 aliphatic rings. The second-order valence-electron chi connectivity index (χ2n) is 5.46. The van der Waals surface area contributed by atoms with Crippen LogP contribution >= 0.6 is 0 Å². The van der Waals surface area contributed by atoms with Crippen molar-refractivity contribution in [2.75, 3.05) is 20.1 Å². The quantitative estimate of drug-likeness (QED) is 0.659. The summed E-state index contributed by atoms with van der Waals surface area (Å²) >= 11 is 0. The normalized spacial score (nSPS) is 12.0. The molecule has 0 heterocycles. The Morgan fingerprint density at radius 2 is 1.90 bits per heavy atom. The molecular weight excluding hydrogens is 266 g/mol. The zero-order chi connectivity index (χ0) is 15.8. The molecule has 0 aromatic heterocycles. The van der Waals surface area contributed by atoms with E-state index in [-0.39, 0.29) is 17.7 Å². The highest BCUT2D eigenvalue weighted by Crippen LogP contribution is 2.07. The highest BCUT2D eigenvalue weighted by molar-refractivity contribution is 5.97. The van der Waals surface area contributed by atoms with E-state index in [1.807, 2.05) is 46.0 Å². The summed E-state index contributed by atoms with van der Waals surface area (Å²) in [6, 6.07) is 6.79. The number of carbonyl (C=O) groups is 2. The Morgan fingerprint density at radius 3 is 2.48 bits per heavy atom. The second kappa shape index (κ2) is 8.42. The van der Waals surface area contributed by atoms with Crippen LogP contribution in [0, 0.1) is 12.8 Å². The molecule has 0 aliphatic heterocycles. The van der Waals surface area contributed by atoms with Crippen molar-refractivity contribution in [1.82, 2.24) is 16.0 Å². The number of nitrogens with one attached hydrogen (secondary N) is 3. The molecule has 21 heavy (non-hydrogen) atoms. The lowest BCUT2D eigenvalue weighted by molar-refractivity contribution is -0.123. The van der Waals surface area contributed by atoms with Crippen LogP contribution < -0.4 is 16.0 Å². The topological polar surface area (TPSA) is 70.2 Å². The van der Waals surface area contributed by atoms with Crippen LogP contribution in [0.3, 0.4) is 0 Å². The summed E-state index contributed by atoms with van der Waals surface area (Å²) in [5.74, 6) is -0.351. The van der Waals surface area contributed by atoms with Crippen molar-refractivity contribution < 1.29 is 9.59 Å². The molecule has 0 bridgehead atoms. The predicted octanol–water partition coefficient (Wildman–Crippen LogP) is 1.09. The Bertz CT molecular complexity index is 486. The van der Waals surface area contributed by atoms with Gasteiger partial charge in [0.2, 0.25) is 5.91 Å². The molecule has 5 nitrogen and oxygen atoms in total. The minimum atomic E-state index is -0.533. The number of aryl methyl sites for hydroxylation is 1. The number of hydrogen-bond donors (Lipinski definition) is 3. The van der Waals surface area contributed by atoms with Crippen LogP contribution in [-0.2, 0) is 4.79 Å². The number of carbonyl (C=O) groups excluding carboxylic acids is 2. The van der Waals surface area contributed by atoms with Gasteiger partial charge in [0.15, 0.2) is 0 Å². The summed E-state index contributed by atoms with van der Waals surface area (Å²) in [5.41, 5.74) is 1.59. The summed E-state index contributed by atoms with van der Waals surface area (Å²) in [5, 5.41) is 8.59. The fraction of sp³-hybridized carbons (Fsp3) is 0.500. The van der Waals surface area contributed by atoms with Crippen LogP contribution in [0.4, 0.5) is 0 Å². The van der Waals surface area contributed by atoms with Gasteiger partial charge in [-0.05, 0) is 32.0 Å². The van der Waals surface area contributed by atoms with Gasteiger partial charge in [0.05, 0.1) is 0 Å². The monoisotopic (exact) mass is 291 g/mol. The molecule has 3 N–H and O–H groups in total. The average Bonchev–Trinajstić information content (AvgIpc) is 2.44. The van der Waals surface area contributed by atoms with Crippen molar-refractivity contribution in [2.45, 2.75) is 26.8 Å². The molecular formula is C16H25N3O2. The van der Waals surface area contributed by atoms with E-state index in [1.165, 1.54) is 0 Å². The molecule has 0 aliphatic carbocycles. The number of rotatable bonds is 7. The molecule has 5 heteroatoms. The lowest BCUT2D eigenvalue weighted by Crippen LogP contribution is -2.50. The Kier molecular flexibility index (Phi) is 6.88. The lowest BCUT2D eigenvalue weighted by atomic mass is 10.0. The molecule has 1 atom stereocenters. The molecule has 1 unspecified atom stereocenters. The number of amides is 2. The van der Waals surface area contributed by atoms with Gasteiger partial charge < -0.3 is 16.0 Å². The Morgan fingerprint density at radius 1 is 1.19 bits per heavy atom.